The molecule has 3 aromatic rings. The summed E-state index contributed by atoms with van der Waals surface area (Å²) in [5.74, 6) is 1.15. The number of carbonyl (C=O) groups is 1. The summed E-state index contributed by atoms with van der Waals surface area (Å²) in [5.41, 5.74) is 1.45. The molecule has 0 saturated heterocycles. The molecule has 3 N–H and O–H groups in total. The molecule has 2 aromatic carbocycles. The van der Waals surface area contributed by atoms with Gasteiger partial charge in [-0.3, -0.25) is 0 Å². The molecule has 0 atom stereocenters. The fraction of sp³-hybridized carbons (Fsp3) is 0.105. The van der Waals surface area contributed by atoms with Gasteiger partial charge in [0.15, 0.2) is 0 Å². The minimum Gasteiger partial charge on any atom is -0.497 e. The van der Waals surface area contributed by atoms with Gasteiger partial charge >= 0.3 is 5.97 Å². The van der Waals surface area contributed by atoms with Crippen LogP contribution in [-0.4, -0.2) is 35.3 Å². The molecule has 0 aliphatic rings. The Morgan fingerprint density at radius 3 is 2.63 bits per heavy atom. The minimum absolute atomic E-state index is 0.188. The third-order valence-corrected chi connectivity index (χ3v) is 3.69. The zero-order valence-corrected chi connectivity index (χ0v) is 14.8. The van der Waals surface area contributed by atoms with Crippen molar-refractivity contribution in [3.8, 4) is 11.5 Å². The topological polar surface area (TPSA) is 106 Å². The highest BCUT2D eigenvalue weighted by molar-refractivity contribution is 5.89. The van der Waals surface area contributed by atoms with E-state index in [0.717, 1.165) is 0 Å². The minimum atomic E-state index is -0.992. The summed E-state index contributed by atoms with van der Waals surface area (Å²) in [7, 11) is 3.15. The summed E-state index contributed by atoms with van der Waals surface area (Å²) in [4.78, 5) is 19.7. The number of carboxylic acid groups (broad SMARTS) is 1. The molecule has 0 aliphatic heterocycles. The van der Waals surface area contributed by atoms with Crippen LogP contribution < -0.4 is 20.1 Å². The lowest BCUT2D eigenvalue weighted by molar-refractivity contribution is 0.0697. The van der Waals surface area contributed by atoms with Gasteiger partial charge in [-0.05, 0) is 36.4 Å². The maximum Gasteiger partial charge on any atom is 0.335 e. The summed E-state index contributed by atoms with van der Waals surface area (Å²) in [6.45, 7) is 0. The van der Waals surface area contributed by atoms with Gasteiger partial charge < -0.3 is 25.2 Å². The smallest absolute Gasteiger partial charge is 0.335 e. The first-order valence-corrected chi connectivity index (χ1v) is 8.01. The van der Waals surface area contributed by atoms with Crippen LogP contribution in [0.4, 0.5) is 23.1 Å². The van der Waals surface area contributed by atoms with Gasteiger partial charge in [-0.1, -0.05) is 6.07 Å². The fourth-order valence-corrected chi connectivity index (χ4v) is 2.40. The lowest BCUT2D eigenvalue weighted by Gasteiger charge is -2.12. The molecule has 8 nitrogen and oxygen atoms in total. The fourth-order valence-electron chi connectivity index (χ4n) is 2.40. The Bertz CT molecular complexity index is 962. The second kappa shape index (κ2) is 8.05. The van der Waals surface area contributed by atoms with Crippen molar-refractivity contribution >= 4 is 29.1 Å². The Hall–Kier alpha value is -3.81. The van der Waals surface area contributed by atoms with Crippen LogP contribution in [-0.2, 0) is 0 Å². The summed E-state index contributed by atoms with van der Waals surface area (Å²) < 4.78 is 10.6. The molecule has 0 fully saturated rings. The molecule has 0 unspecified atom stereocenters. The number of benzene rings is 2. The summed E-state index contributed by atoms with van der Waals surface area (Å²) in [5, 5.41) is 15.2. The molecule has 3 rings (SSSR count). The van der Waals surface area contributed by atoms with E-state index in [-0.39, 0.29) is 5.56 Å². The lowest BCUT2D eigenvalue weighted by atomic mass is 10.2. The highest BCUT2D eigenvalue weighted by atomic mass is 16.5. The Labute approximate surface area is 155 Å². The van der Waals surface area contributed by atoms with Gasteiger partial charge in [0.05, 0.1) is 25.5 Å². The first-order valence-electron chi connectivity index (χ1n) is 8.01. The van der Waals surface area contributed by atoms with Crippen molar-refractivity contribution in [2.75, 3.05) is 24.9 Å². The van der Waals surface area contributed by atoms with Crippen molar-refractivity contribution in [2.24, 2.45) is 0 Å². The number of aromatic nitrogens is 2. The largest absolute Gasteiger partial charge is 0.497 e. The number of hydrogen-bond donors (Lipinski definition) is 3. The quantitative estimate of drug-likeness (QED) is 0.581. The predicted octanol–water partition coefficient (Wildman–Crippen LogP) is 3.68. The molecule has 0 radical (unpaired) electrons. The summed E-state index contributed by atoms with van der Waals surface area (Å²) in [6, 6.07) is 13.5. The summed E-state index contributed by atoms with van der Waals surface area (Å²) in [6.07, 6.45) is 1.59. The van der Waals surface area contributed by atoms with Crippen molar-refractivity contribution in [2.45, 2.75) is 0 Å². The van der Waals surface area contributed by atoms with E-state index in [4.69, 9.17) is 14.6 Å². The van der Waals surface area contributed by atoms with Crippen LogP contribution >= 0.6 is 0 Å². The van der Waals surface area contributed by atoms with Crippen molar-refractivity contribution < 1.29 is 19.4 Å². The first kappa shape index (κ1) is 18.0. The Morgan fingerprint density at radius 1 is 1.04 bits per heavy atom. The van der Waals surface area contributed by atoms with E-state index < -0.39 is 5.97 Å². The van der Waals surface area contributed by atoms with Gasteiger partial charge in [-0.2, -0.15) is 4.98 Å². The van der Waals surface area contributed by atoms with E-state index in [1.54, 1.807) is 56.8 Å². The predicted molar refractivity (Wildman–Crippen MR) is 102 cm³/mol. The number of hydrogen-bond acceptors (Lipinski definition) is 7. The molecular formula is C19H18N4O4. The van der Waals surface area contributed by atoms with Crippen molar-refractivity contribution in [3.63, 3.8) is 0 Å². The van der Waals surface area contributed by atoms with Gasteiger partial charge in [0.2, 0.25) is 5.95 Å². The van der Waals surface area contributed by atoms with Crippen LogP contribution in [0.3, 0.4) is 0 Å². The standard InChI is InChI=1S/C19H18N4O4/c1-26-14-6-7-16(27-2)15(11-14)22-19-20-9-8-17(23-19)21-13-5-3-4-12(10-13)18(24)25/h3-11H,1-2H3,(H,24,25)(H2,20,21,22,23). The molecular weight excluding hydrogens is 348 g/mol. The molecule has 0 saturated carbocycles. The van der Waals surface area contributed by atoms with Crippen LogP contribution in [0.5, 0.6) is 11.5 Å². The van der Waals surface area contributed by atoms with Crippen LogP contribution in [0.15, 0.2) is 54.7 Å². The third kappa shape index (κ3) is 4.43. The number of nitrogens with one attached hydrogen (secondary N) is 2. The SMILES string of the molecule is COc1ccc(OC)c(Nc2nccc(Nc3cccc(C(=O)O)c3)n2)c1. The number of rotatable bonds is 7. The number of aromatic carboxylic acids is 1. The monoisotopic (exact) mass is 366 g/mol. The second-order valence-electron chi connectivity index (χ2n) is 5.47. The number of nitrogens with zero attached hydrogens (tertiary/aromatic N) is 2. The van der Waals surface area contributed by atoms with Crippen LogP contribution in [0.2, 0.25) is 0 Å². The highest BCUT2D eigenvalue weighted by Crippen LogP contribution is 2.30. The lowest BCUT2D eigenvalue weighted by Crippen LogP contribution is -2.02. The summed E-state index contributed by atoms with van der Waals surface area (Å²) >= 11 is 0. The molecule has 1 heterocycles. The Balaban J connectivity index is 1.82. The Kier molecular flexibility index (Phi) is 5.36. The molecule has 0 aliphatic carbocycles. The van der Waals surface area contributed by atoms with Crippen LogP contribution in [0.25, 0.3) is 0 Å². The molecule has 138 valence electrons. The average Bonchev–Trinajstić information content (AvgIpc) is 2.68. The molecule has 0 spiro atoms. The van der Waals surface area contributed by atoms with E-state index in [1.165, 1.54) is 12.1 Å². The van der Waals surface area contributed by atoms with Crippen molar-refractivity contribution in [3.05, 3.63) is 60.3 Å². The van der Waals surface area contributed by atoms with Crippen molar-refractivity contribution in [1.82, 2.24) is 9.97 Å². The van der Waals surface area contributed by atoms with E-state index in [0.29, 0.717) is 34.6 Å². The second-order valence-corrected chi connectivity index (χ2v) is 5.47. The number of anilines is 4. The molecule has 0 bridgehead atoms. The van der Waals surface area contributed by atoms with Crippen molar-refractivity contribution in [1.29, 1.82) is 0 Å². The molecule has 8 heteroatoms. The zero-order chi connectivity index (χ0) is 19.2. The van der Waals surface area contributed by atoms with Gasteiger partial charge in [-0.15, -0.1) is 0 Å². The van der Waals surface area contributed by atoms with Gasteiger partial charge in [0.1, 0.15) is 17.3 Å². The number of ether oxygens (including phenoxy) is 2. The molecule has 1 aromatic heterocycles. The van der Waals surface area contributed by atoms with Crippen LogP contribution in [0.1, 0.15) is 10.4 Å². The van der Waals surface area contributed by atoms with Gasteiger partial charge in [0, 0.05) is 18.0 Å². The third-order valence-electron chi connectivity index (χ3n) is 3.69. The molecule has 27 heavy (non-hydrogen) atoms. The molecule has 0 amide bonds. The van der Waals surface area contributed by atoms with Gasteiger partial charge in [0.25, 0.3) is 0 Å². The van der Waals surface area contributed by atoms with Crippen LogP contribution in [0, 0.1) is 0 Å². The van der Waals surface area contributed by atoms with E-state index in [9.17, 15) is 4.79 Å². The zero-order valence-electron chi connectivity index (χ0n) is 14.8. The number of methoxy groups -OCH3 is 2. The number of carboxylic acids is 1. The maximum absolute atomic E-state index is 11.1. The van der Waals surface area contributed by atoms with E-state index in [2.05, 4.69) is 20.6 Å². The van der Waals surface area contributed by atoms with Gasteiger partial charge in [-0.25, -0.2) is 9.78 Å². The van der Waals surface area contributed by atoms with E-state index >= 15 is 0 Å². The average molecular weight is 366 g/mol. The Morgan fingerprint density at radius 2 is 1.89 bits per heavy atom. The highest BCUT2D eigenvalue weighted by Gasteiger charge is 2.08. The first-order chi connectivity index (χ1) is 13.1. The van der Waals surface area contributed by atoms with E-state index in [1.807, 2.05) is 0 Å². The normalized spacial score (nSPS) is 10.1. The maximum atomic E-state index is 11.1.